The summed E-state index contributed by atoms with van der Waals surface area (Å²) in [5.74, 6) is -0.178. The summed E-state index contributed by atoms with van der Waals surface area (Å²) in [4.78, 5) is 21.1. The summed E-state index contributed by atoms with van der Waals surface area (Å²) >= 11 is 1.40. The van der Waals surface area contributed by atoms with E-state index in [0.717, 1.165) is 11.3 Å². The second-order valence-corrected chi connectivity index (χ2v) is 7.09. The van der Waals surface area contributed by atoms with Crippen molar-refractivity contribution in [3.8, 4) is 0 Å². The van der Waals surface area contributed by atoms with Gasteiger partial charge in [-0.05, 0) is 50.6 Å². The van der Waals surface area contributed by atoms with Crippen molar-refractivity contribution in [2.75, 3.05) is 5.32 Å². The molecule has 0 aliphatic carbocycles. The average molecular weight is 370 g/mol. The fraction of sp³-hybridized carbons (Fsp3) is 0.316. The minimum atomic E-state index is -0.178. The molecule has 0 aliphatic rings. The number of carbonyl (C=O) groups is 1. The topological polar surface area (TPSA) is 69.0 Å². The van der Waals surface area contributed by atoms with Gasteiger partial charge in [0.2, 0.25) is 0 Å². The molecule has 1 atom stereocenters. The van der Waals surface area contributed by atoms with Crippen molar-refractivity contribution in [3.63, 3.8) is 0 Å². The lowest BCUT2D eigenvalue weighted by molar-refractivity contribution is 0.0158. The van der Waals surface area contributed by atoms with Crippen molar-refractivity contribution in [3.05, 3.63) is 65.2 Å². The van der Waals surface area contributed by atoms with Gasteiger partial charge in [0, 0.05) is 30.5 Å². The van der Waals surface area contributed by atoms with Crippen LogP contribution in [0.25, 0.3) is 0 Å². The molecule has 0 aromatic carbocycles. The molecule has 0 radical (unpaired) electrons. The highest BCUT2D eigenvalue weighted by Gasteiger charge is 2.16. The quantitative estimate of drug-likeness (QED) is 0.679. The SMILES string of the molecule is CC(C)OC(C)c1csc(NC(=O)c2cccn2Cc2ccncc2)n1. The smallest absolute Gasteiger partial charge is 0.274 e. The highest BCUT2D eigenvalue weighted by Crippen LogP contribution is 2.24. The summed E-state index contributed by atoms with van der Waals surface area (Å²) in [6.45, 7) is 6.55. The van der Waals surface area contributed by atoms with E-state index >= 15 is 0 Å². The molecule has 1 amide bonds. The summed E-state index contributed by atoms with van der Waals surface area (Å²) < 4.78 is 7.64. The predicted molar refractivity (Wildman–Crippen MR) is 102 cm³/mol. The molecule has 0 saturated heterocycles. The van der Waals surface area contributed by atoms with Crippen LogP contribution in [0.15, 0.2) is 48.2 Å². The lowest BCUT2D eigenvalue weighted by atomic mass is 10.2. The third-order valence-corrected chi connectivity index (χ3v) is 4.58. The number of aromatic nitrogens is 3. The Morgan fingerprint density at radius 3 is 2.77 bits per heavy atom. The molecule has 3 rings (SSSR count). The van der Waals surface area contributed by atoms with Gasteiger partial charge in [-0.2, -0.15) is 0 Å². The number of rotatable bonds is 7. The Labute approximate surface area is 156 Å². The van der Waals surface area contributed by atoms with Crippen LogP contribution in [0.1, 0.15) is 48.6 Å². The van der Waals surface area contributed by atoms with Crippen molar-refractivity contribution in [2.24, 2.45) is 0 Å². The van der Waals surface area contributed by atoms with E-state index in [2.05, 4.69) is 15.3 Å². The highest BCUT2D eigenvalue weighted by molar-refractivity contribution is 7.14. The van der Waals surface area contributed by atoms with Gasteiger partial charge in [0.05, 0.1) is 17.9 Å². The zero-order valence-corrected chi connectivity index (χ0v) is 15.9. The van der Waals surface area contributed by atoms with Crippen LogP contribution in [-0.4, -0.2) is 26.5 Å². The van der Waals surface area contributed by atoms with E-state index in [1.807, 2.05) is 55.1 Å². The molecule has 0 aliphatic heterocycles. The summed E-state index contributed by atoms with van der Waals surface area (Å²) in [5.41, 5.74) is 2.50. The number of pyridine rings is 1. The molecule has 0 bridgehead atoms. The molecule has 0 saturated carbocycles. The lowest BCUT2D eigenvalue weighted by Crippen LogP contribution is -2.17. The highest BCUT2D eigenvalue weighted by atomic mass is 32.1. The molecule has 26 heavy (non-hydrogen) atoms. The van der Waals surface area contributed by atoms with Gasteiger partial charge in [0.1, 0.15) is 5.69 Å². The fourth-order valence-corrected chi connectivity index (χ4v) is 3.40. The number of amides is 1. The van der Waals surface area contributed by atoms with Crippen LogP contribution >= 0.6 is 11.3 Å². The van der Waals surface area contributed by atoms with E-state index in [4.69, 9.17) is 4.74 Å². The van der Waals surface area contributed by atoms with Crippen LogP contribution < -0.4 is 5.32 Å². The predicted octanol–water partition coefficient (Wildman–Crippen LogP) is 4.13. The van der Waals surface area contributed by atoms with Crippen LogP contribution in [0.3, 0.4) is 0 Å². The second-order valence-electron chi connectivity index (χ2n) is 6.24. The van der Waals surface area contributed by atoms with Crippen molar-refractivity contribution in [1.82, 2.24) is 14.5 Å². The number of nitrogens with one attached hydrogen (secondary N) is 1. The number of nitrogens with zero attached hydrogens (tertiary/aromatic N) is 3. The lowest BCUT2D eigenvalue weighted by Gasteiger charge is -2.13. The monoisotopic (exact) mass is 370 g/mol. The van der Waals surface area contributed by atoms with Gasteiger partial charge in [-0.3, -0.25) is 15.1 Å². The van der Waals surface area contributed by atoms with Crippen molar-refractivity contribution in [1.29, 1.82) is 0 Å². The number of hydrogen-bond acceptors (Lipinski definition) is 5. The van der Waals surface area contributed by atoms with Gasteiger partial charge in [-0.15, -0.1) is 11.3 Å². The third kappa shape index (κ3) is 4.56. The summed E-state index contributed by atoms with van der Waals surface area (Å²) in [6, 6.07) is 7.53. The molecule has 136 valence electrons. The van der Waals surface area contributed by atoms with E-state index in [-0.39, 0.29) is 18.1 Å². The molecule has 7 heteroatoms. The minimum Gasteiger partial charge on any atom is -0.370 e. The fourth-order valence-electron chi connectivity index (χ4n) is 2.61. The van der Waals surface area contributed by atoms with Gasteiger partial charge in [0.15, 0.2) is 5.13 Å². The molecule has 0 fully saturated rings. The number of thiazole rings is 1. The Bertz CT molecular complexity index is 857. The number of anilines is 1. The molecule has 3 heterocycles. The van der Waals surface area contributed by atoms with Crippen LogP contribution in [0.4, 0.5) is 5.13 Å². The van der Waals surface area contributed by atoms with Gasteiger partial charge in [-0.1, -0.05) is 0 Å². The molecule has 0 spiro atoms. The standard InChI is InChI=1S/C19H22N4O2S/c1-13(2)25-14(3)16-12-26-19(21-16)22-18(24)17-5-4-10-23(17)11-15-6-8-20-9-7-15/h4-10,12-14H,11H2,1-3H3,(H,21,22,24). The maximum Gasteiger partial charge on any atom is 0.274 e. The van der Waals surface area contributed by atoms with E-state index in [1.54, 1.807) is 18.5 Å². The maximum atomic E-state index is 12.6. The Kier molecular flexibility index (Phi) is 5.80. The zero-order chi connectivity index (χ0) is 18.5. The van der Waals surface area contributed by atoms with E-state index < -0.39 is 0 Å². The molecule has 1 N–H and O–H groups in total. The first-order chi connectivity index (χ1) is 12.5. The molecular formula is C19H22N4O2S. The third-order valence-electron chi connectivity index (χ3n) is 3.80. The first kappa shape index (κ1) is 18.3. The maximum absolute atomic E-state index is 12.6. The molecule has 3 aromatic rings. The zero-order valence-electron chi connectivity index (χ0n) is 15.0. The molecular weight excluding hydrogens is 348 g/mol. The summed E-state index contributed by atoms with van der Waals surface area (Å²) in [7, 11) is 0. The summed E-state index contributed by atoms with van der Waals surface area (Å²) in [5, 5.41) is 5.36. The Hall–Kier alpha value is -2.51. The Morgan fingerprint density at radius 2 is 2.04 bits per heavy atom. The van der Waals surface area contributed by atoms with Gasteiger partial charge >= 0.3 is 0 Å². The van der Waals surface area contributed by atoms with Crippen molar-refractivity contribution in [2.45, 2.75) is 39.5 Å². The summed E-state index contributed by atoms with van der Waals surface area (Å²) in [6.07, 6.45) is 5.40. The second kappa shape index (κ2) is 8.25. The number of hydrogen-bond donors (Lipinski definition) is 1. The van der Waals surface area contributed by atoms with Crippen molar-refractivity contribution >= 4 is 22.4 Å². The van der Waals surface area contributed by atoms with E-state index in [9.17, 15) is 4.79 Å². The van der Waals surface area contributed by atoms with Gasteiger partial charge in [-0.25, -0.2) is 4.98 Å². The average Bonchev–Trinajstić information content (AvgIpc) is 3.24. The minimum absolute atomic E-state index is 0.104. The molecule has 1 unspecified atom stereocenters. The largest absolute Gasteiger partial charge is 0.370 e. The van der Waals surface area contributed by atoms with Crippen LogP contribution in [0, 0.1) is 0 Å². The first-order valence-corrected chi connectivity index (χ1v) is 9.37. The van der Waals surface area contributed by atoms with Gasteiger partial charge in [0.25, 0.3) is 5.91 Å². The van der Waals surface area contributed by atoms with Crippen LogP contribution in [0.2, 0.25) is 0 Å². The van der Waals surface area contributed by atoms with Crippen molar-refractivity contribution < 1.29 is 9.53 Å². The first-order valence-electron chi connectivity index (χ1n) is 8.49. The number of carbonyl (C=O) groups excluding carboxylic acids is 1. The Balaban J connectivity index is 1.68. The van der Waals surface area contributed by atoms with E-state index in [1.165, 1.54) is 11.3 Å². The molecule has 3 aromatic heterocycles. The number of ether oxygens (including phenoxy) is 1. The normalized spacial score (nSPS) is 12.3. The molecule has 6 nitrogen and oxygen atoms in total. The van der Waals surface area contributed by atoms with Gasteiger partial charge < -0.3 is 9.30 Å². The van der Waals surface area contributed by atoms with Crippen LogP contribution in [-0.2, 0) is 11.3 Å². The van der Waals surface area contributed by atoms with E-state index in [0.29, 0.717) is 17.4 Å². The van der Waals surface area contributed by atoms with Crippen LogP contribution in [0.5, 0.6) is 0 Å². The Morgan fingerprint density at radius 1 is 1.27 bits per heavy atom.